The lowest BCUT2D eigenvalue weighted by Crippen LogP contribution is -2.21. The van der Waals surface area contributed by atoms with Crippen LogP contribution in [0.3, 0.4) is 0 Å². The van der Waals surface area contributed by atoms with Crippen LogP contribution in [-0.2, 0) is 13.0 Å². The lowest BCUT2D eigenvalue weighted by atomic mass is 10.1. The first-order valence-electron chi connectivity index (χ1n) is 7.35. The summed E-state index contributed by atoms with van der Waals surface area (Å²) in [5.74, 6) is 0. The average molecular weight is 270 g/mol. The normalized spacial score (nSPS) is 15.4. The highest BCUT2D eigenvalue weighted by Gasteiger charge is 2.22. The van der Waals surface area contributed by atoms with Crippen molar-refractivity contribution in [1.82, 2.24) is 9.78 Å². The number of benzene rings is 1. The van der Waals surface area contributed by atoms with Gasteiger partial charge in [-0.3, -0.25) is 4.68 Å². The van der Waals surface area contributed by atoms with E-state index in [0.717, 1.165) is 37.3 Å². The Kier molecular flexibility index (Phi) is 3.38. The molecule has 0 spiro atoms. The van der Waals surface area contributed by atoms with Crippen molar-refractivity contribution >= 4 is 11.4 Å². The third-order valence-corrected chi connectivity index (χ3v) is 4.18. The van der Waals surface area contributed by atoms with Gasteiger partial charge in [-0.25, -0.2) is 0 Å². The van der Waals surface area contributed by atoms with E-state index < -0.39 is 0 Å². The summed E-state index contributed by atoms with van der Waals surface area (Å²) in [6, 6.07) is 8.76. The van der Waals surface area contributed by atoms with Crippen LogP contribution in [0.5, 0.6) is 0 Å². The average Bonchev–Trinajstić information content (AvgIpc) is 3.07. The van der Waals surface area contributed by atoms with Crippen molar-refractivity contribution in [3.63, 3.8) is 0 Å². The minimum absolute atomic E-state index is 0.458. The van der Waals surface area contributed by atoms with Gasteiger partial charge in [0.25, 0.3) is 0 Å². The lowest BCUT2D eigenvalue weighted by molar-refractivity contribution is 0.473. The maximum absolute atomic E-state index is 6.12. The van der Waals surface area contributed by atoms with Crippen LogP contribution in [-0.4, -0.2) is 16.3 Å². The zero-order valence-corrected chi connectivity index (χ0v) is 12.2. The lowest BCUT2D eigenvalue weighted by Gasteiger charge is -2.19. The molecular weight excluding hydrogens is 248 g/mol. The summed E-state index contributed by atoms with van der Waals surface area (Å²) >= 11 is 0. The number of aromatic nitrogens is 2. The predicted molar refractivity (Wildman–Crippen MR) is 82.8 cm³/mol. The maximum atomic E-state index is 6.12. The van der Waals surface area contributed by atoms with Crippen molar-refractivity contribution in [1.29, 1.82) is 0 Å². The van der Waals surface area contributed by atoms with E-state index in [1.165, 1.54) is 11.3 Å². The van der Waals surface area contributed by atoms with Crippen molar-refractivity contribution in [2.75, 3.05) is 17.2 Å². The predicted octanol–water partition coefficient (Wildman–Crippen LogP) is 3.00. The van der Waals surface area contributed by atoms with E-state index in [9.17, 15) is 0 Å². The second-order valence-electron chi connectivity index (χ2n) is 5.57. The molecule has 0 bridgehead atoms. The molecule has 2 N–H and O–H groups in total. The first-order valence-corrected chi connectivity index (χ1v) is 7.35. The Bertz CT molecular complexity index is 602. The van der Waals surface area contributed by atoms with E-state index in [0.29, 0.717) is 6.04 Å². The number of anilines is 2. The third kappa shape index (κ3) is 2.26. The monoisotopic (exact) mass is 270 g/mol. The molecule has 1 aromatic heterocycles. The summed E-state index contributed by atoms with van der Waals surface area (Å²) in [7, 11) is 0. The number of rotatable bonds is 4. The van der Waals surface area contributed by atoms with Crippen molar-refractivity contribution in [2.45, 2.75) is 39.3 Å². The summed E-state index contributed by atoms with van der Waals surface area (Å²) in [5.41, 5.74) is 10.7. The number of nitrogens with zero attached hydrogens (tertiary/aromatic N) is 3. The first kappa shape index (κ1) is 13.0. The Balaban J connectivity index is 1.79. The number of hydrogen-bond acceptors (Lipinski definition) is 3. The molecule has 20 heavy (non-hydrogen) atoms. The smallest absolute Gasteiger partial charge is 0.0817 e. The molecule has 1 unspecified atom stereocenters. The van der Waals surface area contributed by atoms with Gasteiger partial charge < -0.3 is 10.6 Å². The molecule has 3 rings (SSSR count). The van der Waals surface area contributed by atoms with Crippen molar-refractivity contribution in [2.24, 2.45) is 0 Å². The van der Waals surface area contributed by atoms with Gasteiger partial charge in [0.1, 0.15) is 0 Å². The number of nitrogen functional groups attached to an aromatic ring is 1. The van der Waals surface area contributed by atoms with Crippen LogP contribution < -0.4 is 10.6 Å². The highest BCUT2D eigenvalue weighted by atomic mass is 15.3. The van der Waals surface area contributed by atoms with Gasteiger partial charge in [-0.15, -0.1) is 0 Å². The van der Waals surface area contributed by atoms with Crippen LogP contribution in [0.15, 0.2) is 30.5 Å². The van der Waals surface area contributed by atoms with E-state index in [1.807, 2.05) is 12.1 Å². The van der Waals surface area contributed by atoms with Gasteiger partial charge in [-0.05, 0) is 37.5 Å². The van der Waals surface area contributed by atoms with E-state index in [2.05, 4.69) is 46.9 Å². The number of fused-ring (bicyclic) bond motifs is 1. The van der Waals surface area contributed by atoms with E-state index in [1.54, 1.807) is 0 Å². The van der Waals surface area contributed by atoms with Crippen LogP contribution >= 0.6 is 0 Å². The highest BCUT2D eigenvalue weighted by Crippen LogP contribution is 2.34. The largest absolute Gasteiger partial charge is 0.397 e. The fourth-order valence-corrected chi connectivity index (χ4v) is 2.81. The quantitative estimate of drug-likeness (QED) is 0.869. The molecule has 2 aromatic rings. The summed E-state index contributed by atoms with van der Waals surface area (Å²) in [4.78, 5) is 2.34. The van der Waals surface area contributed by atoms with Crippen LogP contribution in [0.4, 0.5) is 11.4 Å². The Hall–Kier alpha value is -1.97. The molecule has 1 aliphatic rings. The molecule has 1 atom stereocenters. The SMILES string of the molecule is CCC(C)n1ccc(CN2CCc3cccc(N)c32)n1. The topological polar surface area (TPSA) is 47.1 Å². The Morgan fingerprint density at radius 2 is 2.20 bits per heavy atom. The van der Waals surface area contributed by atoms with Crippen molar-refractivity contribution < 1.29 is 0 Å². The molecule has 0 fully saturated rings. The molecule has 4 heteroatoms. The Morgan fingerprint density at radius 3 is 3.00 bits per heavy atom. The van der Waals surface area contributed by atoms with Crippen molar-refractivity contribution in [3.8, 4) is 0 Å². The second-order valence-corrected chi connectivity index (χ2v) is 5.57. The van der Waals surface area contributed by atoms with Gasteiger partial charge in [0.15, 0.2) is 0 Å². The number of hydrogen-bond donors (Lipinski definition) is 1. The van der Waals surface area contributed by atoms with Crippen LogP contribution in [0.25, 0.3) is 0 Å². The van der Waals surface area contributed by atoms with Crippen molar-refractivity contribution in [3.05, 3.63) is 41.7 Å². The van der Waals surface area contributed by atoms with E-state index in [4.69, 9.17) is 5.73 Å². The zero-order valence-electron chi connectivity index (χ0n) is 12.2. The fraction of sp³-hybridized carbons (Fsp3) is 0.438. The molecule has 0 saturated heterocycles. The molecule has 0 radical (unpaired) electrons. The number of para-hydroxylation sites is 1. The number of nitrogens with two attached hydrogens (primary N) is 1. The molecule has 0 saturated carbocycles. The van der Waals surface area contributed by atoms with E-state index >= 15 is 0 Å². The minimum atomic E-state index is 0.458. The maximum Gasteiger partial charge on any atom is 0.0817 e. The zero-order chi connectivity index (χ0) is 14.1. The molecule has 106 valence electrons. The molecular formula is C16H22N4. The molecule has 4 nitrogen and oxygen atoms in total. The Morgan fingerprint density at radius 1 is 1.35 bits per heavy atom. The molecule has 1 aliphatic heterocycles. The van der Waals surface area contributed by atoms with Crippen LogP contribution in [0.2, 0.25) is 0 Å². The molecule has 0 aliphatic carbocycles. The van der Waals surface area contributed by atoms with Crippen LogP contribution in [0, 0.1) is 0 Å². The third-order valence-electron chi connectivity index (χ3n) is 4.18. The van der Waals surface area contributed by atoms with Gasteiger partial charge in [-0.1, -0.05) is 19.1 Å². The van der Waals surface area contributed by atoms with E-state index in [-0.39, 0.29) is 0 Å². The summed E-state index contributed by atoms with van der Waals surface area (Å²) in [6.07, 6.45) is 4.25. The summed E-state index contributed by atoms with van der Waals surface area (Å²) in [6.45, 7) is 6.24. The highest BCUT2D eigenvalue weighted by molar-refractivity contribution is 5.74. The Labute approximate surface area is 120 Å². The van der Waals surface area contributed by atoms with Gasteiger partial charge in [-0.2, -0.15) is 5.10 Å². The van der Waals surface area contributed by atoms with Crippen LogP contribution in [0.1, 0.15) is 37.6 Å². The van der Waals surface area contributed by atoms with Gasteiger partial charge in [0, 0.05) is 18.8 Å². The minimum Gasteiger partial charge on any atom is -0.397 e. The second kappa shape index (κ2) is 5.19. The standard InChI is InChI=1S/C16H22N4/c1-3-12(2)20-10-8-14(18-20)11-19-9-7-13-5-4-6-15(17)16(13)19/h4-6,8,10,12H,3,7,9,11,17H2,1-2H3. The molecule has 1 aromatic carbocycles. The fourth-order valence-electron chi connectivity index (χ4n) is 2.81. The van der Waals surface area contributed by atoms with Gasteiger partial charge in [0.2, 0.25) is 0 Å². The first-order chi connectivity index (χ1) is 9.69. The van der Waals surface area contributed by atoms with Gasteiger partial charge >= 0.3 is 0 Å². The van der Waals surface area contributed by atoms with Gasteiger partial charge in [0.05, 0.1) is 23.6 Å². The summed E-state index contributed by atoms with van der Waals surface area (Å²) in [5, 5.41) is 4.68. The molecule has 0 amide bonds. The molecule has 2 heterocycles. The summed E-state index contributed by atoms with van der Waals surface area (Å²) < 4.78 is 2.06.